The molecule has 0 saturated heterocycles. The average molecular weight is 200 g/mol. The van der Waals surface area contributed by atoms with E-state index in [0.29, 0.717) is 5.41 Å². The summed E-state index contributed by atoms with van der Waals surface area (Å²) in [6, 6.07) is 0. The van der Waals surface area contributed by atoms with Crippen molar-refractivity contribution in [2.24, 2.45) is 5.41 Å². The first-order valence-corrected chi connectivity index (χ1v) is 6.31. The Bertz CT molecular complexity index is 51.8. The van der Waals surface area contributed by atoms with Gasteiger partial charge in [-0.25, -0.2) is 0 Å². The van der Waals surface area contributed by atoms with Crippen LogP contribution in [0.3, 0.4) is 0 Å². The lowest BCUT2D eigenvalue weighted by Crippen LogP contribution is -2.28. The maximum Gasteiger partial charge on any atom is -0.0159 e. The molecule has 0 aliphatic heterocycles. The molecule has 0 amide bonds. The van der Waals surface area contributed by atoms with Crippen LogP contribution in [0.2, 0.25) is 0 Å². The summed E-state index contributed by atoms with van der Waals surface area (Å²) in [7, 11) is 11.3. The molecule has 0 heterocycles. The van der Waals surface area contributed by atoms with Gasteiger partial charge in [0, 0.05) is 0 Å². The number of hydrogen-bond acceptors (Lipinski definition) is 0. The molecule has 4 heteroatoms. The van der Waals surface area contributed by atoms with E-state index in [4.69, 9.17) is 0 Å². The minimum atomic E-state index is 0.519. The topological polar surface area (TPSA) is 0 Å². The number of rotatable bonds is 4. The van der Waals surface area contributed by atoms with Crippen LogP contribution < -0.4 is 0 Å². The highest BCUT2D eigenvalue weighted by molar-refractivity contribution is 7.20. The molecule has 56 valence electrons. The summed E-state index contributed by atoms with van der Waals surface area (Å²) in [6.07, 6.45) is 4.79. The summed E-state index contributed by atoms with van der Waals surface area (Å²) in [5, 5.41) is 0. The first-order valence-electron chi connectivity index (χ1n) is 3.05. The first kappa shape index (κ1) is 10.7. The smallest absolute Gasteiger partial charge is 0.0159 e. The van der Waals surface area contributed by atoms with Crippen LogP contribution in [-0.4, -0.2) is 24.6 Å². The molecular formula is C5H16P4. The lowest BCUT2D eigenvalue weighted by molar-refractivity contribution is 0.515. The highest BCUT2D eigenvalue weighted by atomic mass is 31.0. The van der Waals surface area contributed by atoms with Crippen molar-refractivity contribution in [3.05, 3.63) is 0 Å². The predicted octanol–water partition coefficient (Wildman–Crippen LogP) is 1.47. The molecule has 0 nitrogen and oxygen atoms in total. The highest BCUT2D eigenvalue weighted by Crippen LogP contribution is 2.27. The Hall–Kier alpha value is 1.72. The van der Waals surface area contributed by atoms with E-state index in [0.717, 1.165) is 0 Å². The van der Waals surface area contributed by atoms with E-state index >= 15 is 0 Å². The van der Waals surface area contributed by atoms with Crippen molar-refractivity contribution < 1.29 is 0 Å². The van der Waals surface area contributed by atoms with Crippen molar-refractivity contribution in [1.29, 1.82) is 0 Å². The zero-order valence-electron chi connectivity index (χ0n) is 5.64. The molecule has 0 aliphatic carbocycles. The van der Waals surface area contributed by atoms with Crippen molar-refractivity contribution in [3.8, 4) is 0 Å². The molecule has 0 bridgehead atoms. The monoisotopic (exact) mass is 200 g/mol. The minimum absolute atomic E-state index is 0.519. The summed E-state index contributed by atoms with van der Waals surface area (Å²) in [6.45, 7) is 0. The zero-order chi connectivity index (χ0) is 7.33. The fourth-order valence-corrected chi connectivity index (χ4v) is 4.50. The Morgan fingerprint density at radius 2 is 0.889 bits per heavy atom. The van der Waals surface area contributed by atoms with Gasteiger partial charge in [-0.15, -0.1) is 37.0 Å². The maximum absolute atomic E-state index is 2.82. The Balaban J connectivity index is 3.82. The van der Waals surface area contributed by atoms with Crippen molar-refractivity contribution >= 4 is 37.0 Å². The van der Waals surface area contributed by atoms with Crippen LogP contribution in [0, 0.1) is 5.41 Å². The van der Waals surface area contributed by atoms with Gasteiger partial charge < -0.3 is 0 Å². The van der Waals surface area contributed by atoms with Crippen molar-refractivity contribution in [2.45, 2.75) is 0 Å². The van der Waals surface area contributed by atoms with E-state index in [9.17, 15) is 0 Å². The molecule has 0 radical (unpaired) electrons. The normalized spacial score (nSPS) is 12.0. The standard InChI is InChI=1S/C5H16P4/c6-1-5(2-7,3-8)4-9/h1-4,6-9H2. The second kappa shape index (κ2) is 5.38. The molecule has 4 atom stereocenters. The lowest BCUT2D eigenvalue weighted by atomic mass is 9.99. The molecular weight excluding hydrogens is 184 g/mol. The molecule has 0 aromatic heterocycles. The molecule has 9 heavy (non-hydrogen) atoms. The van der Waals surface area contributed by atoms with E-state index in [2.05, 4.69) is 37.0 Å². The van der Waals surface area contributed by atoms with Gasteiger partial charge in [0.25, 0.3) is 0 Å². The molecule has 0 aliphatic rings. The highest BCUT2D eigenvalue weighted by Gasteiger charge is 2.20. The Kier molecular flexibility index (Phi) is 6.41. The van der Waals surface area contributed by atoms with Gasteiger partial charge in [-0.3, -0.25) is 0 Å². The zero-order valence-corrected chi connectivity index (χ0v) is 10.3. The SMILES string of the molecule is PCC(CP)(CP)CP. The van der Waals surface area contributed by atoms with Crippen LogP contribution in [0.5, 0.6) is 0 Å². The second-order valence-electron chi connectivity index (χ2n) is 2.32. The second-order valence-corrected chi connectivity index (χ2v) is 3.95. The average Bonchev–Trinajstić information content (AvgIpc) is 1.95. The third kappa shape index (κ3) is 3.08. The van der Waals surface area contributed by atoms with Gasteiger partial charge in [-0.05, 0) is 30.1 Å². The van der Waals surface area contributed by atoms with Crippen LogP contribution in [0.15, 0.2) is 0 Å². The van der Waals surface area contributed by atoms with Crippen molar-refractivity contribution in [3.63, 3.8) is 0 Å². The van der Waals surface area contributed by atoms with E-state index in [1.54, 1.807) is 0 Å². The Morgan fingerprint density at radius 3 is 0.889 bits per heavy atom. The number of hydrogen-bond donors (Lipinski definition) is 0. The third-order valence-corrected chi connectivity index (χ3v) is 5.20. The largest absolute Gasteiger partial charge is 0.137 e. The van der Waals surface area contributed by atoms with Gasteiger partial charge in [-0.1, -0.05) is 0 Å². The molecule has 0 N–H and O–H groups in total. The van der Waals surface area contributed by atoms with Crippen molar-refractivity contribution in [2.75, 3.05) is 24.6 Å². The lowest BCUT2D eigenvalue weighted by Gasteiger charge is -2.27. The van der Waals surface area contributed by atoms with E-state index in [-0.39, 0.29) is 0 Å². The Morgan fingerprint density at radius 1 is 0.667 bits per heavy atom. The molecule has 0 saturated carbocycles. The summed E-state index contributed by atoms with van der Waals surface area (Å²) < 4.78 is 0. The van der Waals surface area contributed by atoms with Gasteiger partial charge in [0.2, 0.25) is 0 Å². The van der Waals surface area contributed by atoms with Crippen LogP contribution in [0.4, 0.5) is 0 Å². The molecule has 4 unspecified atom stereocenters. The quantitative estimate of drug-likeness (QED) is 0.603. The molecule has 0 rings (SSSR count). The van der Waals surface area contributed by atoms with Crippen LogP contribution in [0.25, 0.3) is 0 Å². The van der Waals surface area contributed by atoms with Crippen molar-refractivity contribution in [1.82, 2.24) is 0 Å². The minimum Gasteiger partial charge on any atom is -0.137 e. The van der Waals surface area contributed by atoms with Gasteiger partial charge in [-0.2, -0.15) is 0 Å². The van der Waals surface area contributed by atoms with Gasteiger partial charge >= 0.3 is 0 Å². The maximum atomic E-state index is 2.82. The van der Waals surface area contributed by atoms with E-state index < -0.39 is 0 Å². The van der Waals surface area contributed by atoms with Gasteiger partial charge in [0.1, 0.15) is 0 Å². The fourth-order valence-electron chi connectivity index (χ4n) is 0.500. The molecule has 0 aromatic rings. The van der Waals surface area contributed by atoms with Crippen LogP contribution >= 0.6 is 37.0 Å². The molecule has 0 spiro atoms. The summed E-state index contributed by atoms with van der Waals surface area (Å²) in [5.74, 6) is 0. The molecule has 0 fully saturated rings. The fraction of sp³-hybridized carbons (Fsp3) is 1.00. The van der Waals surface area contributed by atoms with E-state index in [1.165, 1.54) is 24.6 Å². The van der Waals surface area contributed by atoms with Crippen LogP contribution in [-0.2, 0) is 0 Å². The van der Waals surface area contributed by atoms with Crippen LogP contribution in [0.1, 0.15) is 0 Å². The van der Waals surface area contributed by atoms with Gasteiger partial charge in [0.05, 0.1) is 0 Å². The van der Waals surface area contributed by atoms with Gasteiger partial charge in [0.15, 0.2) is 0 Å². The Labute approximate surface area is 67.5 Å². The van der Waals surface area contributed by atoms with E-state index in [1.807, 2.05) is 0 Å². The summed E-state index contributed by atoms with van der Waals surface area (Å²) in [5.41, 5.74) is 0.519. The predicted molar refractivity (Wildman–Crippen MR) is 60.7 cm³/mol. The first-order chi connectivity index (χ1) is 4.24. The molecule has 0 aromatic carbocycles. The summed E-state index contributed by atoms with van der Waals surface area (Å²) in [4.78, 5) is 0. The third-order valence-electron chi connectivity index (χ3n) is 1.73. The summed E-state index contributed by atoms with van der Waals surface area (Å²) >= 11 is 0.